The average molecular weight is 384 g/mol. The number of carbonyl (C=O) groups excluding carboxylic acids is 1. The summed E-state index contributed by atoms with van der Waals surface area (Å²) in [6.07, 6.45) is 0.898. The van der Waals surface area contributed by atoms with Gasteiger partial charge >= 0.3 is 0 Å². The molecule has 0 heterocycles. The first-order chi connectivity index (χ1) is 13.4. The minimum absolute atomic E-state index is 0.0586. The van der Waals surface area contributed by atoms with Gasteiger partial charge in [0.2, 0.25) is 0 Å². The SMILES string of the molecule is CCC(C)NC(=O)c1ccc(CNC(=NC)NCc2ccc(C)c(F)c2)cc1. The van der Waals surface area contributed by atoms with Crippen LogP contribution in [0.15, 0.2) is 47.5 Å². The maximum Gasteiger partial charge on any atom is 0.251 e. The summed E-state index contributed by atoms with van der Waals surface area (Å²) in [5, 5.41) is 9.34. The van der Waals surface area contributed by atoms with Crippen LogP contribution in [0.2, 0.25) is 0 Å². The molecule has 0 aliphatic heterocycles. The number of benzene rings is 2. The Morgan fingerprint density at radius 2 is 1.68 bits per heavy atom. The number of aliphatic imine (C=N–C) groups is 1. The lowest BCUT2D eigenvalue weighted by Gasteiger charge is -2.13. The van der Waals surface area contributed by atoms with Crippen LogP contribution in [-0.4, -0.2) is 25.0 Å². The van der Waals surface area contributed by atoms with Crippen LogP contribution in [-0.2, 0) is 13.1 Å². The first kappa shape index (κ1) is 21.4. The van der Waals surface area contributed by atoms with Gasteiger partial charge < -0.3 is 16.0 Å². The Morgan fingerprint density at radius 1 is 1.07 bits per heavy atom. The monoisotopic (exact) mass is 384 g/mol. The quantitative estimate of drug-likeness (QED) is 0.505. The third-order valence-electron chi connectivity index (χ3n) is 4.59. The van der Waals surface area contributed by atoms with Crippen molar-refractivity contribution in [3.63, 3.8) is 0 Å². The number of halogens is 1. The highest BCUT2D eigenvalue weighted by molar-refractivity contribution is 5.94. The maximum absolute atomic E-state index is 13.6. The number of carbonyl (C=O) groups is 1. The lowest BCUT2D eigenvalue weighted by atomic mass is 10.1. The first-order valence-electron chi connectivity index (χ1n) is 9.52. The standard InChI is InChI=1S/C22H29FN4O/c1-5-16(3)27-21(28)19-10-8-17(9-11-19)13-25-22(24-4)26-14-18-7-6-15(2)20(23)12-18/h6-12,16H,5,13-14H2,1-4H3,(H,27,28)(H2,24,25,26). The molecule has 1 atom stereocenters. The number of rotatable bonds is 7. The van der Waals surface area contributed by atoms with Crippen molar-refractivity contribution < 1.29 is 9.18 Å². The highest BCUT2D eigenvalue weighted by Gasteiger charge is 2.08. The first-order valence-corrected chi connectivity index (χ1v) is 9.52. The van der Waals surface area contributed by atoms with Gasteiger partial charge in [0.1, 0.15) is 5.82 Å². The zero-order valence-electron chi connectivity index (χ0n) is 17.0. The maximum atomic E-state index is 13.6. The number of nitrogens with zero attached hydrogens (tertiary/aromatic N) is 1. The van der Waals surface area contributed by atoms with E-state index in [9.17, 15) is 9.18 Å². The molecular weight excluding hydrogens is 355 g/mol. The summed E-state index contributed by atoms with van der Waals surface area (Å²) in [6, 6.07) is 12.8. The Balaban J connectivity index is 1.85. The molecule has 0 spiro atoms. The Hall–Kier alpha value is -2.89. The largest absolute Gasteiger partial charge is 0.352 e. The molecule has 0 saturated carbocycles. The molecule has 0 saturated heterocycles. The molecule has 0 bridgehead atoms. The predicted molar refractivity (Wildman–Crippen MR) is 112 cm³/mol. The number of hydrogen-bond acceptors (Lipinski definition) is 2. The molecule has 3 N–H and O–H groups in total. The summed E-state index contributed by atoms with van der Waals surface area (Å²) in [7, 11) is 1.69. The molecule has 1 amide bonds. The molecule has 0 aromatic heterocycles. The Morgan fingerprint density at radius 3 is 2.25 bits per heavy atom. The van der Waals surface area contributed by atoms with Crippen molar-refractivity contribution >= 4 is 11.9 Å². The second-order valence-corrected chi connectivity index (χ2v) is 6.84. The molecule has 1 unspecified atom stereocenters. The van der Waals surface area contributed by atoms with Gasteiger partial charge in [-0.2, -0.15) is 0 Å². The van der Waals surface area contributed by atoms with Gasteiger partial charge in [-0.25, -0.2) is 4.39 Å². The van der Waals surface area contributed by atoms with Crippen LogP contribution < -0.4 is 16.0 Å². The molecule has 0 aliphatic carbocycles. The number of amides is 1. The molecule has 2 aromatic carbocycles. The smallest absolute Gasteiger partial charge is 0.251 e. The molecule has 28 heavy (non-hydrogen) atoms. The molecule has 6 heteroatoms. The number of guanidine groups is 1. The molecule has 5 nitrogen and oxygen atoms in total. The van der Waals surface area contributed by atoms with Crippen molar-refractivity contribution in [3.8, 4) is 0 Å². The fourth-order valence-electron chi connectivity index (χ4n) is 2.52. The second kappa shape index (κ2) is 10.4. The van der Waals surface area contributed by atoms with Crippen molar-refractivity contribution in [2.24, 2.45) is 4.99 Å². The lowest BCUT2D eigenvalue weighted by molar-refractivity contribution is 0.0939. The summed E-state index contributed by atoms with van der Waals surface area (Å²) in [5.41, 5.74) is 3.16. The van der Waals surface area contributed by atoms with Crippen molar-refractivity contribution in [1.82, 2.24) is 16.0 Å². The van der Waals surface area contributed by atoms with Crippen LogP contribution >= 0.6 is 0 Å². The van der Waals surface area contributed by atoms with E-state index < -0.39 is 0 Å². The van der Waals surface area contributed by atoms with Crippen LogP contribution in [0.4, 0.5) is 4.39 Å². The number of hydrogen-bond donors (Lipinski definition) is 3. The fraction of sp³-hybridized carbons (Fsp3) is 0.364. The summed E-state index contributed by atoms with van der Waals surface area (Å²) in [5.74, 6) is 0.357. The van der Waals surface area contributed by atoms with Gasteiger partial charge in [-0.1, -0.05) is 31.2 Å². The zero-order valence-corrected chi connectivity index (χ0v) is 17.0. The Bertz CT molecular complexity index is 818. The molecule has 150 valence electrons. The van der Waals surface area contributed by atoms with Crippen LogP contribution in [0.3, 0.4) is 0 Å². The molecule has 2 aromatic rings. The molecular formula is C22H29FN4O. The van der Waals surface area contributed by atoms with Gasteiger partial charge in [0.25, 0.3) is 5.91 Å². The Kier molecular flexibility index (Phi) is 7.99. The topological polar surface area (TPSA) is 65.5 Å². The minimum Gasteiger partial charge on any atom is -0.352 e. The van der Waals surface area contributed by atoms with E-state index >= 15 is 0 Å². The highest BCUT2D eigenvalue weighted by Crippen LogP contribution is 2.09. The van der Waals surface area contributed by atoms with Gasteiger partial charge in [-0.05, 0) is 55.2 Å². The molecule has 0 radical (unpaired) electrons. The summed E-state index contributed by atoms with van der Waals surface area (Å²) >= 11 is 0. The highest BCUT2D eigenvalue weighted by atomic mass is 19.1. The van der Waals surface area contributed by atoms with E-state index in [4.69, 9.17) is 0 Å². The van der Waals surface area contributed by atoms with Gasteiger partial charge in [0.05, 0.1) is 0 Å². The van der Waals surface area contributed by atoms with Crippen molar-refractivity contribution in [1.29, 1.82) is 0 Å². The molecule has 0 fully saturated rings. The van der Waals surface area contributed by atoms with Crippen LogP contribution in [0.5, 0.6) is 0 Å². The van der Waals surface area contributed by atoms with Crippen molar-refractivity contribution in [3.05, 3.63) is 70.5 Å². The van der Waals surface area contributed by atoms with E-state index in [1.165, 1.54) is 6.07 Å². The van der Waals surface area contributed by atoms with Crippen LogP contribution in [0.25, 0.3) is 0 Å². The van der Waals surface area contributed by atoms with Crippen molar-refractivity contribution in [2.75, 3.05) is 7.05 Å². The van der Waals surface area contributed by atoms with E-state index in [1.54, 1.807) is 20.0 Å². The van der Waals surface area contributed by atoms with Crippen molar-refractivity contribution in [2.45, 2.75) is 46.3 Å². The van der Waals surface area contributed by atoms with E-state index in [1.807, 2.05) is 44.2 Å². The summed E-state index contributed by atoms with van der Waals surface area (Å²) in [6.45, 7) is 6.81. The lowest BCUT2D eigenvalue weighted by Crippen LogP contribution is -2.36. The third-order valence-corrected chi connectivity index (χ3v) is 4.59. The van der Waals surface area contributed by atoms with Crippen LogP contribution in [0, 0.1) is 12.7 Å². The van der Waals surface area contributed by atoms with E-state index in [2.05, 4.69) is 20.9 Å². The van der Waals surface area contributed by atoms with E-state index in [0.717, 1.165) is 17.5 Å². The fourth-order valence-corrected chi connectivity index (χ4v) is 2.52. The van der Waals surface area contributed by atoms with E-state index in [0.29, 0.717) is 30.2 Å². The van der Waals surface area contributed by atoms with E-state index in [-0.39, 0.29) is 17.8 Å². The van der Waals surface area contributed by atoms with Gasteiger partial charge in [0.15, 0.2) is 5.96 Å². The zero-order chi connectivity index (χ0) is 20.5. The van der Waals surface area contributed by atoms with Gasteiger partial charge in [-0.3, -0.25) is 9.79 Å². The predicted octanol–water partition coefficient (Wildman–Crippen LogP) is 3.53. The second-order valence-electron chi connectivity index (χ2n) is 6.84. The summed E-state index contributed by atoms with van der Waals surface area (Å²) < 4.78 is 13.6. The number of aryl methyl sites for hydroxylation is 1. The van der Waals surface area contributed by atoms with Crippen LogP contribution in [0.1, 0.15) is 47.3 Å². The normalized spacial score (nSPS) is 12.4. The number of nitrogens with one attached hydrogen (secondary N) is 3. The molecule has 2 rings (SSSR count). The third kappa shape index (κ3) is 6.37. The summed E-state index contributed by atoms with van der Waals surface area (Å²) in [4.78, 5) is 16.3. The Labute approximate surface area is 166 Å². The average Bonchev–Trinajstić information content (AvgIpc) is 2.70. The minimum atomic E-state index is -0.209. The van der Waals surface area contributed by atoms with Gasteiger partial charge in [0, 0.05) is 31.7 Å². The van der Waals surface area contributed by atoms with Gasteiger partial charge in [-0.15, -0.1) is 0 Å². The molecule has 0 aliphatic rings.